The second kappa shape index (κ2) is 7.87. The van der Waals surface area contributed by atoms with Crippen LogP contribution in [0.5, 0.6) is 0 Å². The molecule has 0 aliphatic heterocycles. The lowest BCUT2D eigenvalue weighted by Gasteiger charge is -2.16. The van der Waals surface area contributed by atoms with Crippen LogP contribution in [0.15, 0.2) is 12.4 Å². The zero-order valence-electron chi connectivity index (χ0n) is 11.2. The first-order valence-electron chi connectivity index (χ1n) is 6.62. The Kier molecular flexibility index (Phi) is 6.37. The van der Waals surface area contributed by atoms with E-state index in [4.69, 9.17) is 0 Å². The predicted molar refractivity (Wildman–Crippen MR) is 73.4 cm³/mol. The number of hydrogen-bond acceptors (Lipinski definition) is 4. The molecule has 4 heteroatoms. The van der Waals surface area contributed by atoms with Crippen molar-refractivity contribution in [3.63, 3.8) is 0 Å². The van der Waals surface area contributed by atoms with Crippen molar-refractivity contribution in [3.05, 3.63) is 12.4 Å². The lowest BCUT2D eigenvalue weighted by Crippen LogP contribution is -2.19. The molecule has 0 radical (unpaired) electrons. The standard InChI is InChI=1S/C13H24N4/c1-4-7-11(6-3)16-13-10-14-9-12(17-13)15-8-5-2/h9-11H,4-8H2,1-3H3,(H2,15,16,17). The summed E-state index contributed by atoms with van der Waals surface area (Å²) < 4.78 is 0. The van der Waals surface area contributed by atoms with Gasteiger partial charge in [0.15, 0.2) is 0 Å². The second-order valence-corrected chi connectivity index (χ2v) is 4.25. The minimum absolute atomic E-state index is 0.496. The maximum Gasteiger partial charge on any atom is 0.147 e. The van der Waals surface area contributed by atoms with Crippen LogP contribution in [0.4, 0.5) is 11.6 Å². The second-order valence-electron chi connectivity index (χ2n) is 4.25. The topological polar surface area (TPSA) is 49.8 Å². The first-order chi connectivity index (χ1) is 8.30. The third kappa shape index (κ3) is 5.02. The smallest absolute Gasteiger partial charge is 0.147 e. The summed E-state index contributed by atoms with van der Waals surface area (Å²) in [5, 5.41) is 6.68. The Bertz CT molecular complexity index is 314. The predicted octanol–water partition coefficient (Wildman–Crippen LogP) is 3.29. The molecule has 1 heterocycles. The molecule has 96 valence electrons. The fraction of sp³-hybridized carbons (Fsp3) is 0.692. The van der Waals surface area contributed by atoms with Crippen LogP contribution in [-0.2, 0) is 0 Å². The van der Waals surface area contributed by atoms with Crippen molar-refractivity contribution in [1.29, 1.82) is 0 Å². The summed E-state index contributed by atoms with van der Waals surface area (Å²) in [4.78, 5) is 8.69. The Morgan fingerprint density at radius 2 is 1.88 bits per heavy atom. The van der Waals surface area contributed by atoms with E-state index in [1.54, 1.807) is 12.4 Å². The highest BCUT2D eigenvalue weighted by molar-refractivity contribution is 5.42. The summed E-state index contributed by atoms with van der Waals surface area (Å²) in [5.74, 6) is 1.72. The number of anilines is 2. The van der Waals surface area contributed by atoms with Gasteiger partial charge in [-0.1, -0.05) is 27.2 Å². The Balaban J connectivity index is 2.57. The van der Waals surface area contributed by atoms with Gasteiger partial charge in [0.1, 0.15) is 11.6 Å². The molecule has 0 amide bonds. The molecule has 4 nitrogen and oxygen atoms in total. The molecular formula is C13H24N4. The van der Waals surface area contributed by atoms with Crippen LogP contribution in [0.1, 0.15) is 46.5 Å². The van der Waals surface area contributed by atoms with E-state index >= 15 is 0 Å². The first kappa shape index (κ1) is 13.7. The van der Waals surface area contributed by atoms with Crippen molar-refractivity contribution < 1.29 is 0 Å². The van der Waals surface area contributed by atoms with E-state index in [0.29, 0.717) is 6.04 Å². The van der Waals surface area contributed by atoms with Crippen molar-refractivity contribution in [2.24, 2.45) is 0 Å². The van der Waals surface area contributed by atoms with Gasteiger partial charge in [-0.3, -0.25) is 4.98 Å². The third-order valence-electron chi connectivity index (χ3n) is 2.67. The van der Waals surface area contributed by atoms with Crippen LogP contribution in [0.3, 0.4) is 0 Å². The summed E-state index contributed by atoms with van der Waals surface area (Å²) >= 11 is 0. The molecule has 0 fully saturated rings. The van der Waals surface area contributed by atoms with Gasteiger partial charge in [-0.05, 0) is 19.3 Å². The molecule has 0 saturated carbocycles. The molecule has 0 bridgehead atoms. The molecule has 1 aromatic heterocycles. The van der Waals surface area contributed by atoms with Crippen molar-refractivity contribution in [2.45, 2.75) is 52.5 Å². The van der Waals surface area contributed by atoms with E-state index in [0.717, 1.165) is 31.0 Å². The van der Waals surface area contributed by atoms with Crippen molar-refractivity contribution >= 4 is 11.6 Å². The molecule has 2 N–H and O–H groups in total. The highest BCUT2D eigenvalue weighted by atomic mass is 15.1. The highest BCUT2D eigenvalue weighted by Gasteiger charge is 2.06. The van der Waals surface area contributed by atoms with Crippen molar-refractivity contribution in [3.8, 4) is 0 Å². The van der Waals surface area contributed by atoms with Crippen LogP contribution >= 0.6 is 0 Å². The summed E-state index contributed by atoms with van der Waals surface area (Å²) in [6.07, 6.45) is 8.11. The third-order valence-corrected chi connectivity index (χ3v) is 2.67. The van der Waals surface area contributed by atoms with Gasteiger partial charge >= 0.3 is 0 Å². The number of aromatic nitrogens is 2. The Morgan fingerprint density at radius 1 is 1.12 bits per heavy atom. The SMILES string of the molecule is CCCNc1cncc(NC(CC)CCC)n1. The van der Waals surface area contributed by atoms with Crippen LogP contribution in [0.2, 0.25) is 0 Å². The highest BCUT2D eigenvalue weighted by Crippen LogP contribution is 2.11. The molecule has 1 unspecified atom stereocenters. The van der Waals surface area contributed by atoms with Gasteiger partial charge in [-0.25, -0.2) is 4.98 Å². The Hall–Kier alpha value is -1.32. The van der Waals surface area contributed by atoms with Gasteiger partial charge in [0.2, 0.25) is 0 Å². The van der Waals surface area contributed by atoms with Gasteiger partial charge in [0, 0.05) is 12.6 Å². The average Bonchev–Trinajstić information content (AvgIpc) is 2.36. The van der Waals surface area contributed by atoms with Gasteiger partial charge in [-0.2, -0.15) is 0 Å². The van der Waals surface area contributed by atoms with E-state index in [1.807, 2.05) is 0 Å². The minimum atomic E-state index is 0.496. The van der Waals surface area contributed by atoms with Crippen LogP contribution in [-0.4, -0.2) is 22.6 Å². The van der Waals surface area contributed by atoms with Crippen LogP contribution in [0, 0.1) is 0 Å². The summed E-state index contributed by atoms with van der Waals surface area (Å²) in [7, 11) is 0. The first-order valence-corrected chi connectivity index (χ1v) is 6.62. The zero-order chi connectivity index (χ0) is 12.5. The number of nitrogens with zero attached hydrogens (tertiary/aromatic N) is 2. The number of rotatable bonds is 8. The van der Waals surface area contributed by atoms with E-state index < -0.39 is 0 Å². The Labute approximate surface area is 104 Å². The minimum Gasteiger partial charge on any atom is -0.369 e. The number of hydrogen-bond donors (Lipinski definition) is 2. The fourth-order valence-corrected chi connectivity index (χ4v) is 1.71. The number of nitrogens with one attached hydrogen (secondary N) is 2. The quantitative estimate of drug-likeness (QED) is 0.727. The van der Waals surface area contributed by atoms with Crippen molar-refractivity contribution in [2.75, 3.05) is 17.2 Å². The normalized spacial score (nSPS) is 12.2. The van der Waals surface area contributed by atoms with E-state index in [-0.39, 0.29) is 0 Å². The molecule has 1 rings (SSSR count). The molecule has 1 atom stereocenters. The van der Waals surface area contributed by atoms with Crippen LogP contribution < -0.4 is 10.6 Å². The molecule has 0 aliphatic rings. The molecule has 0 aromatic carbocycles. The average molecular weight is 236 g/mol. The molecule has 0 saturated heterocycles. The summed E-state index contributed by atoms with van der Waals surface area (Å²) in [6.45, 7) is 7.47. The molecule has 0 aliphatic carbocycles. The molecule has 1 aromatic rings. The van der Waals surface area contributed by atoms with Crippen LogP contribution in [0.25, 0.3) is 0 Å². The van der Waals surface area contributed by atoms with Gasteiger partial charge in [0.05, 0.1) is 12.4 Å². The van der Waals surface area contributed by atoms with E-state index in [9.17, 15) is 0 Å². The summed E-state index contributed by atoms with van der Waals surface area (Å²) in [6, 6.07) is 0.496. The fourth-order valence-electron chi connectivity index (χ4n) is 1.71. The Morgan fingerprint density at radius 3 is 2.53 bits per heavy atom. The summed E-state index contributed by atoms with van der Waals surface area (Å²) in [5.41, 5.74) is 0. The maximum absolute atomic E-state index is 4.50. The van der Waals surface area contributed by atoms with Crippen molar-refractivity contribution in [1.82, 2.24) is 9.97 Å². The van der Waals surface area contributed by atoms with Gasteiger partial charge < -0.3 is 10.6 Å². The lowest BCUT2D eigenvalue weighted by atomic mass is 10.1. The monoisotopic (exact) mass is 236 g/mol. The largest absolute Gasteiger partial charge is 0.369 e. The zero-order valence-corrected chi connectivity index (χ0v) is 11.2. The van der Waals surface area contributed by atoms with E-state index in [2.05, 4.69) is 41.4 Å². The molecule has 17 heavy (non-hydrogen) atoms. The molecule has 0 spiro atoms. The van der Waals surface area contributed by atoms with Gasteiger partial charge in [0.25, 0.3) is 0 Å². The lowest BCUT2D eigenvalue weighted by molar-refractivity contribution is 0.620. The maximum atomic E-state index is 4.50. The van der Waals surface area contributed by atoms with Gasteiger partial charge in [-0.15, -0.1) is 0 Å². The van der Waals surface area contributed by atoms with E-state index in [1.165, 1.54) is 12.8 Å². The molecular weight excluding hydrogens is 212 g/mol.